The molecule has 0 saturated carbocycles. The Bertz CT molecular complexity index is 867. The molecule has 1 unspecified atom stereocenters. The van der Waals surface area contributed by atoms with Crippen molar-refractivity contribution in [1.82, 2.24) is 15.5 Å². The Morgan fingerprint density at radius 2 is 2.03 bits per heavy atom. The minimum atomic E-state index is -1.06. The predicted octanol–water partition coefficient (Wildman–Crippen LogP) is -0.381. The summed E-state index contributed by atoms with van der Waals surface area (Å²) in [5, 5.41) is 4.75. The van der Waals surface area contributed by atoms with Crippen LogP contribution in [0.2, 0.25) is 0 Å². The number of fused-ring (bicyclic) bond motifs is 1. The quantitative estimate of drug-likeness (QED) is 0.447. The molecule has 1 aromatic carbocycles. The number of nitrogens with zero attached hydrogens (tertiary/aromatic N) is 1. The van der Waals surface area contributed by atoms with Crippen molar-refractivity contribution in [2.24, 2.45) is 0 Å². The Labute approximate surface area is 166 Å². The molecule has 10 nitrogen and oxygen atoms in total. The number of piperidine rings is 1. The van der Waals surface area contributed by atoms with Crippen LogP contribution in [0.3, 0.4) is 0 Å². The molecule has 2 aliphatic heterocycles. The van der Waals surface area contributed by atoms with Crippen LogP contribution in [0, 0.1) is 0 Å². The van der Waals surface area contributed by atoms with Crippen LogP contribution in [-0.4, -0.2) is 66.8 Å². The highest BCUT2D eigenvalue weighted by Gasteiger charge is 2.46. The lowest BCUT2D eigenvalue weighted by Crippen LogP contribution is -2.54. The molecule has 29 heavy (non-hydrogen) atoms. The van der Waals surface area contributed by atoms with E-state index in [4.69, 9.17) is 9.47 Å². The Morgan fingerprint density at radius 1 is 1.24 bits per heavy atom. The van der Waals surface area contributed by atoms with Crippen LogP contribution in [0.4, 0.5) is 0 Å². The van der Waals surface area contributed by atoms with Gasteiger partial charge in [0.2, 0.25) is 11.8 Å². The van der Waals surface area contributed by atoms with Crippen molar-refractivity contribution in [2.45, 2.75) is 25.8 Å². The first kappa shape index (κ1) is 20.5. The molecule has 0 aliphatic carbocycles. The minimum absolute atomic E-state index is 0.00400. The number of hydrogen-bond acceptors (Lipinski definition) is 7. The standard InChI is InChI=1S/C19H21N3O7/c1-2-28-9-8-20-15(24)10-29-13-5-3-4-11-16(13)19(27)22(18(11)26)12-6-7-14(23)21-17(12)25/h3-5,12H,2,6-10H2,1H3,(H,20,24)(H,21,23,25). The third-order valence-electron chi connectivity index (χ3n) is 4.56. The summed E-state index contributed by atoms with van der Waals surface area (Å²) in [6.07, 6.45) is 0.101. The lowest BCUT2D eigenvalue weighted by molar-refractivity contribution is -0.136. The molecular formula is C19H21N3O7. The fourth-order valence-electron chi connectivity index (χ4n) is 3.21. The van der Waals surface area contributed by atoms with E-state index in [0.29, 0.717) is 19.8 Å². The van der Waals surface area contributed by atoms with Crippen molar-refractivity contribution in [3.8, 4) is 5.75 Å². The maximum absolute atomic E-state index is 12.9. The van der Waals surface area contributed by atoms with E-state index in [0.717, 1.165) is 4.90 Å². The van der Waals surface area contributed by atoms with E-state index in [1.165, 1.54) is 18.2 Å². The number of rotatable bonds is 8. The average Bonchev–Trinajstić information content (AvgIpc) is 2.95. The van der Waals surface area contributed by atoms with Gasteiger partial charge >= 0.3 is 0 Å². The number of nitrogens with one attached hydrogen (secondary N) is 2. The number of carbonyl (C=O) groups excluding carboxylic acids is 5. The molecule has 0 spiro atoms. The summed E-state index contributed by atoms with van der Waals surface area (Å²) in [6.45, 7) is 2.74. The first-order chi connectivity index (χ1) is 13.9. The molecule has 10 heteroatoms. The van der Waals surface area contributed by atoms with Crippen LogP contribution in [0.25, 0.3) is 0 Å². The fraction of sp³-hybridized carbons (Fsp3) is 0.421. The molecule has 1 atom stereocenters. The maximum atomic E-state index is 12.9. The predicted molar refractivity (Wildman–Crippen MR) is 98.1 cm³/mol. The first-order valence-electron chi connectivity index (χ1n) is 9.25. The first-order valence-corrected chi connectivity index (χ1v) is 9.25. The van der Waals surface area contributed by atoms with Gasteiger partial charge in [0, 0.05) is 19.6 Å². The number of hydrogen-bond donors (Lipinski definition) is 2. The van der Waals surface area contributed by atoms with Gasteiger partial charge in [0.15, 0.2) is 6.61 Å². The molecular weight excluding hydrogens is 382 g/mol. The normalized spacial score (nSPS) is 18.5. The highest BCUT2D eigenvalue weighted by Crippen LogP contribution is 2.33. The molecule has 2 N–H and O–H groups in total. The molecule has 1 saturated heterocycles. The van der Waals surface area contributed by atoms with E-state index in [1.54, 1.807) is 0 Å². The monoisotopic (exact) mass is 403 g/mol. The average molecular weight is 403 g/mol. The summed E-state index contributed by atoms with van der Waals surface area (Å²) in [5.74, 6) is -2.77. The van der Waals surface area contributed by atoms with E-state index in [2.05, 4.69) is 10.6 Å². The smallest absolute Gasteiger partial charge is 0.266 e. The molecule has 0 bridgehead atoms. The van der Waals surface area contributed by atoms with Gasteiger partial charge < -0.3 is 14.8 Å². The second-order valence-corrected chi connectivity index (χ2v) is 6.46. The molecule has 1 aromatic rings. The van der Waals surface area contributed by atoms with Gasteiger partial charge in [-0.2, -0.15) is 0 Å². The molecule has 2 aliphatic rings. The largest absolute Gasteiger partial charge is 0.483 e. The fourth-order valence-corrected chi connectivity index (χ4v) is 3.21. The minimum Gasteiger partial charge on any atom is -0.483 e. The van der Waals surface area contributed by atoms with Crippen LogP contribution in [0.15, 0.2) is 18.2 Å². The van der Waals surface area contributed by atoms with Crippen LogP contribution >= 0.6 is 0 Å². The second-order valence-electron chi connectivity index (χ2n) is 6.46. The number of benzene rings is 1. The van der Waals surface area contributed by atoms with Gasteiger partial charge in [0.1, 0.15) is 11.8 Å². The zero-order valence-electron chi connectivity index (χ0n) is 15.9. The van der Waals surface area contributed by atoms with Crippen molar-refractivity contribution in [3.05, 3.63) is 29.3 Å². The Hall–Kier alpha value is -3.27. The number of imide groups is 2. The molecule has 5 amide bonds. The zero-order valence-corrected chi connectivity index (χ0v) is 15.9. The topological polar surface area (TPSA) is 131 Å². The Morgan fingerprint density at radius 3 is 2.76 bits per heavy atom. The summed E-state index contributed by atoms with van der Waals surface area (Å²) < 4.78 is 10.6. The van der Waals surface area contributed by atoms with E-state index in [1.807, 2.05) is 6.92 Å². The van der Waals surface area contributed by atoms with Gasteiger partial charge in [0.25, 0.3) is 17.7 Å². The molecule has 0 aromatic heterocycles. The van der Waals surface area contributed by atoms with Crippen molar-refractivity contribution in [1.29, 1.82) is 0 Å². The van der Waals surface area contributed by atoms with Crippen molar-refractivity contribution < 1.29 is 33.4 Å². The van der Waals surface area contributed by atoms with E-state index in [-0.39, 0.29) is 36.3 Å². The third kappa shape index (κ3) is 4.27. The summed E-state index contributed by atoms with van der Waals surface area (Å²) in [5.41, 5.74) is 0.0956. The van der Waals surface area contributed by atoms with Crippen LogP contribution in [0.5, 0.6) is 5.75 Å². The van der Waals surface area contributed by atoms with Gasteiger partial charge in [-0.25, -0.2) is 0 Å². The lowest BCUT2D eigenvalue weighted by Gasteiger charge is -2.27. The molecule has 154 valence electrons. The van der Waals surface area contributed by atoms with Crippen LogP contribution in [-0.2, 0) is 19.1 Å². The molecule has 2 heterocycles. The van der Waals surface area contributed by atoms with Crippen LogP contribution in [0.1, 0.15) is 40.5 Å². The zero-order chi connectivity index (χ0) is 21.0. The Balaban J connectivity index is 1.71. The van der Waals surface area contributed by atoms with E-state index >= 15 is 0 Å². The van der Waals surface area contributed by atoms with Gasteiger partial charge in [-0.3, -0.25) is 34.2 Å². The van der Waals surface area contributed by atoms with Gasteiger partial charge in [-0.15, -0.1) is 0 Å². The number of ether oxygens (including phenoxy) is 2. The van der Waals surface area contributed by atoms with Crippen molar-refractivity contribution in [3.63, 3.8) is 0 Å². The van der Waals surface area contributed by atoms with Gasteiger partial charge in [0.05, 0.1) is 17.7 Å². The SMILES string of the molecule is CCOCCNC(=O)COc1cccc2c1C(=O)N(C1CCC(=O)NC1=O)C2=O. The van der Waals surface area contributed by atoms with Gasteiger partial charge in [-0.1, -0.05) is 6.07 Å². The number of amides is 5. The van der Waals surface area contributed by atoms with E-state index in [9.17, 15) is 24.0 Å². The van der Waals surface area contributed by atoms with E-state index < -0.39 is 35.6 Å². The van der Waals surface area contributed by atoms with Crippen molar-refractivity contribution in [2.75, 3.05) is 26.4 Å². The van der Waals surface area contributed by atoms with Crippen LogP contribution < -0.4 is 15.4 Å². The second kappa shape index (κ2) is 8.82. The highest BCUT2D eigenvalue weighted by molar-refractivity contribution is 6.24. The summed E-state index contributed by atoms with van der Waals surface area (Å²) in [7, 11) is 0. The highest BCUT2D eigenvalue weighted by atomic mass is 16.5. The van der Waals surface area contributed by atoms with Gasteiger partial charge in [-0.05, 0) is 25.5 Å². The Kier molecular flexibility index (Phi) is 6.23. The molecule has 0 radical (unpaired) electrons. The summed E-state index contributed by atoms with van der Waals surface area (Å²) in [6, 6.07) is 3.40. The molecule has 1 fully saturated rings. The maximum Gasteiger partial charge on any atom is 0.266 e. The van der Waals surface area contributed by atoms with Crippen molar-refractivity contribution >= 4 is 29.5 Å². The molecule has 3 rings (SSSR count). The number of carbonyl (C=O) groups is 5. The summed E-state index contributed by atoms with van der Waals surface area (Å²) in [4.78, 5) is 61.8. The summed E-state index contributed by atoms with van der Waals surface area (Å²) >= 11 is 0. The third-order valence-corrected chi connectivity index (χ3v) is 4.56. The lowest BCUT2D eigenvalue weighted by atomic mass is 10.0.